The first kappa shape index (κ1) is 15.1. The summed E-state index contributed by atoms with van der Waals surface area (Å²) in [5.74, 6) is 0.837. The van der Waals surface area contributed by atoms with Gasteiger partial charge in [-0.05, 0) is 38.2 Å². The molecule has 1 heterocycles. The molecule has 0 bridgehead atoms. The van der Waals surface area contributed by atoms with Gasteiger partial charge in [-0.15, -0.1) is 0 Å². The molecule has 0 unspecified atom stereocenters. The number of rotatable bonds is 5. The summed E-state index contributed by atoms with van der Waals surface area (Å²) < 4.78 is 5.24. The van der Waals surface area contributed by atoms with Gasteiger partial charge in [0.2, 0.25) is 0 Å². The molecule has 1 aromatic carbocycles. The largest absolute Gasteiger partial charge is 0.469 e. The van der Waals surface area contributed by atoms with Gasteiger partial charge in [0.1, 0.15) is 5.76 Å². The van der Waals surface area contributed by atoms with Gasteiger partial charge < -0.3 is 4.42 Å². The monoisotopic (exact) mass is 311 g/mol. The number of ketones is 1. The number of carbonyl (C=O) groups is 1. The summed E-state index contributed by atoms with van der Waals surface area (Å²) in [6.45, 7) is 2.84. The maximum atomic E-state index is 12.2. The highest BCUT2D eigenvalue weighted by molar-refractivity contribution is 6.36. The molecular formula is C15H15Cl2NO2. The van der Waals surface area contributed by atoms with Crippen LogP contribution in [-0.4, -0.2) is 24.3 Å². The fourth-order valence-electron chi connectivity index (χ4n) is 1.97. The number of nitrogens with zero attached hydrogens (tertiary/aromatic N) is 1. The highest BCUT2D eigenvalue weighted by Crippen LogP contribution is 2.21. The lowest BCUT2D eigenvalue weighted by atomic mass is 10.1. The van der Waals surface area contributed by atoms with E-state index in [9.17, 15) is 4.79 Å². The van der Waals surface area contributed by atoms with Gasteiger partial charge in [0.05, 0.1) is 17.8 Å². The Hall–Kier alpha value is -1.29. The molecule has 2 aromatic rings. The van der Waals surface area contributed by atoms with Crippen LogP contribution in [0, 0.1) is 6.92 Å². The molecule has 20 heavy (non-hydrogen) atoms. The number of furan rings is 1. The van der Waals surface area contributed by atoms with Crippen LogP contribution in [0.2, 0.25) is 10.0 Å². The summed E-state index contributed by atoms with van der Waals surface area (Å²) in [7, 11) is 1.88. The van der Waals surface area contributed by atoms with Crippen LogP contribution in [0.25, 0.3) is 0 Å². The Bertz CT molecular complexity index is 622. The van der Waals surface area contributed by atoms with Crippen molar-refractivity contribution in [3.63, 3.8) is 0 Å². The number of benzene rings is 1. The number of Topliss-reactive ketones (excluding diaryl/α,β-unsaturated/α-hetero) is 1. The summed E-state index contributed by atoms with van der Waals surface area (Å²) in [6, 6.07) is 6.81. The molecule has 0 radical (unpaired) electrons. The summed E-state index contributed by atoms with van der Waals surface area (Å²) in [5, 5.41) is 0.907. The Morgan fingerprint density at radius 1 is 1.30 bits per heavy atom. The molecule has 0 saturated heterocycles. The SMILES string of the molecule is Cc1occc1CN(C)CC(=O)c1ccc(Cl)cc1Cl. The molecule has 106 valence electrons. The van der Waals surface area contributed by atoms with E-state index >= 15 is 0 Å². The fraction of sp³-hybridized carbons (Fsp3) is 0.267. The van der Waals surface area contributed by atoms with Gasteiger partial charge >= 0.3 is 0 Å². The molecule has 0 N–H and O–H groups in total. The van der Waals surface area contributed by atoms with Gasteiger partial charge in [-0.1, -0.05) is 23.2 Å². The molecule has 0 fully saturated rings. The van der Waals surface area contributed by atoms with Crippen molar-refractivity contribution >= 4 is 29.0 Å². The highest BCUT2D eigenvalue weighted by Gasteiger charge is 2.14. The molecule has 0 aliphatic heterocycles. The zero-order valence-electron chi connectivity index (χ0n) is 11.3. The number of carbonyl (C=O) groups excluding carboxylic acids is 1. The van der Waals surface area contributed by atoms with Crippen molar-refractivity contribution in [3.8, 4) is 0 Å². The van der Waals surface area contributed by atoms with Crippen LogP contribution < -0.4 is 0 Å². The minimum Gasteiger partial charge on any atom is -0.469 e. The molecule has 0 aliphatic carbocycles. The number of hydrogen-bond acceptors (Lipinski definition) is 3. The molecule has 0 amide bonds. The zero-order chi connectivity index (χ0) is 14.7. The fourth-order valence-corrected chi connectivity index (χ4v) is 2.48. The molecule has 0 spiro atoms. The lowest BCUT2D eigenvalue weighted by Crippen LogP contribution is -2.25. The molecule has 0 saturated carbocycles. The summed E-state index contributed by atoms with van der Waals surface area (Å²) >= 11 is 11.9. The number of hydrogen-bond donors (Lipinski definition) is 0. The first-order valence-corrected chi connectivity index (χ1v) is 6.92. The van der Waals surface area contributed by atoms with E-state index in [1.165, 1.54) is 0 Å². The van der Waals surface area contributed by atoms with Crippen molar-refractivity contribution in [1.29, 1.82) is 0 Å². The van der Waals surface area contributed by atoms with Crippen LogP contribution >= 0.6 is 23.2 Å². The maximum Gasteiger partial charge on any atom is 0.178 e. The van der Waals surface area contributed by atoms with Crippen molar-refractivity contribution in [3.05, 3.63) is 57.5 Å². The van der Waals surface area contributed by atoms with Gasteiger partial charge in [-0.2, -0.15) is 0 Å². The predicted octanol–water partition coefficient (Wildman–Crippen LogP) is 4.21. The average Bonchev–Trinajstić information content (AvgIpc) is 2.74. The van der Waals surface area contributed by atoms with E-state index in [2.05, 4.69) is 0 Å². The Morgan fingerprint density at radius 3 is 2.65 bits per heavy atom. The maximum absolute atomic E-state index is 12.2. The Morgan fingerprint density at radius 2 is 2.05 bits per heavy atom. The minimum absolute atomic E-state index is 0.0321. The van der Waals surface area contributed by atoms with E-state index in [0.717, 1.165) is 11.3 Å². The van der Waals surface area contributed by atoms with Gasteiger partial charge in [-0.3, -0.25) is 9.69 Å². The third kappa shape index (κ3) is 3.63. The normalized spacial score (nSPS) is 11.1. The van der Waals surface area contributed by atoms with E-state index in [4.69, 9.17) is 27.6 Å². The van der Waals surface area contributed by atoms with E-state index in [1.807, 2.05) is 24.9 Å². The first-order valence-electron chi connectivity index (χ1n) is 6.17. The number of likely N-dealkylation sites (N-methyl/N-ethyl adjacent to an activating group) is 1. The van der Waals surface area contributed by atoms with Gasteiger partial charge in [-0.25, -0.2) is 0 Å². The lowest BCUT2D eigenvalue weighted by Gasteiger charge is -2.15. The second-order valence-electron chi connectivity index (χ2n) is 4.72. The Labute approximate surface area is 128 Å². The third-order valence-corrected chi connectivity index (χ3v) is 3.60. The summed E-state index contributed by atoms with van der Waals surface area (Å²) in [4.78, 5) is 14.1. The van der Waals surface area contributed by atoms with Gasteiger partial charge in [0.15, 0.2) is 5.78 Å². The standard InChI is InChI=1S/C15H15Cl2NO2/c1-10-11(5-6-20-10)8-18(2)9-15(19)13-4-3-12(16)7-14(13)17/h3-7H,8-9H2,1-2H3. The molecule has 1 aromatic heterocycles. The number of aryl methyl sites for hydroxylation is 1. The van der Waals surface area contributed by atoms with Crippen molar-refractivity contribution in [1.82, 2.24) is 4.90 Å². The van der Waals surface area contributed by atoms with Crippen molar-refractivity contribution in [2.24, 2.45) is 0 Å². The van der Waals surface area contributed by atoms with Gasteiger partial charge in [0.25, 0.3) is 0 Å². The van der Waals surface area contributed by atoms with Crippen LogP contribution in [0.3, 0.4) is 0 Å². The van der Waals surface area contributed by atoms with E-state index in [0.29, 0.717) is 22.2 Å². The average molecular weight is 312 g/mol. The molecule has 0 aliphatic rings. The Kier molecular flexibility index (Phi) is 4.86. The highest BCUT2D eigenvalue weighted by atomic mass is 35.5. The quantitative estimate of drug-likeness (QED) is 0.776. The van der Waals surface area contributed by atoms with E-state index in [-0.39, 0.29) is 12.3 Å². The minimum atomic E-state index is -0.0321. The smallest absolute Gasteiger partial charge is 0.178 e. The summed E-state index contributed by atoms with van der Waals surface area (Å²) in [5.41, 5.74) is 1.56. The molecular weight excluding hydrogens is 297 g/mol. The first-order chi connectivity index (χ1) is 9.47. The van der Waals surface area contributed by atoms with Crippen molar-refractivity contribution < 1.29 is 9.21 Å². The van der Waals surface area contributed by atoms with E-state index in [1.54, 1.807) is 24.5 Å². The predicted molar refractivity (Wildman–Crippen MR) is 80.6 cm³/mol. The number of halogens is 2. The second kappa shape index (κ2) is 6.44. The molecule has 3 nitrogen and oxygen atoms in total. The molecule has 0 atom stereocenters. The van der Waals surface area contributed by atoms with Crippen LogP contribution in [0.15, 0.2) is 34.9 Å². The van der Waals surface area contributed by atoms with Crippen LogP contribution in [0.1, 0.15) is 21.7 Å². The van der Waals surface area contributed by atoms with Crippen molar-refractivity contribution in [2.75, 3.05) is 13.6 Å². The van der Waals surface area contributed by atoms with E-state index < -0.39 is 0 Å². The van der Waals surface area contributed by atoms with Gasteiger partial charge in [0, 0.05) is 22.7 Å². The van der Waals surface area contributed by atoms with Crippen molar-refractivity contribution in [2.45, 2.75) is 13.5 Å². The third-order valence-electron chi connectivity index (χ3n) is 3.05. The van der Waals surface area contributed by atoms with Crippen LogP contribution in [0.4, 0.5) is 0 Å². The zero-order valence-corrected chi connectivity index (χ0v) is 12.8. The summed E-state index contributed by atoms with van der Waals surface area (Å²) in [6.07, 6.45) is 1.65. The molecule has 2 rings (SSSR count). The van der Waals surface area contributed by atoms with Crippen LogP contribution in [-0.2, 0) is 6.54 Å². The molecule has 5 heteroatoms. The topological polar surface area (TPSA) is 33.5 Å². The lowest BCUT2D eigenvalue weighted by molar-refractivity contribution is 0.0943. The second-order valence-corrected chi connectivity index (χ2v) is 5.57. The Balaban J connectivity index is 2.02. The van der Waals surface area contributed by atoms with Crippen LogP contribution in [0.5, 0.6) is 0 Å².